The lowest BCUT2D eigenvalue weighted by Crippen LogP contribution is -2.37. The van der Waals surface area contributed by atoms with Gasteiger partial charge in [0.2, 0.25) is 5.95 Å². The number of hydrogen-bond donors (Lipinski definition) is 1. The third kappa shape index (κ3) is 2.51. The predicted molar refractivity (Wildman–Crippen MR) is 93.5 cm³/mol. The van der Waals surface area contributed by atoms with Crippen molar-refractivity contribution in [3.05, 3.63) is 56.7 Å². The molecule has 0 radical (unpaired) electrons. The first kappa shape index (κ1) is 15.7. The molecule has 0 aliphatic heterocycles. The van der Waals surface area contributed by atoms with E-state index >= 15 is 0 Å². The van der Waals surface area contributed by atoms with E-state index in [-0.39, 0.29) is 5.56 Å². The second-order valence-corrected chi connectivity index (χ2v) is 5.34. The van der Waals surface area contributed by atoms with Crippen molar-refractivity contribution in [1.82, 2.24) is 18.7 Å². The number of nitrogens with zero attached hydrogens (tertiary/aromatic N) is 5. The second kappa shape index (κ2) is 6.15. The van der Waals surface area contributed by atoms with E-state index < -0.39 is 5.69 Å². The van der Waals surface area contributed by atoms with Gasteiger partial charge in [0.15, 0.2) is 11.2 Å². The molecule has 8 heteroatoms. The molecular weight excluding hydrogens is 308 g/mol. The van der Waals surface area contributed by atoms with Crippen molar-refractivity contribution in [1.29, 1.82) is 0 Å². The van der Waals surface area contributed by atoms with E-state index in [1.54, 1.807) is 17.8 Å². The SMILES string of the molecule is CCn1c(N/N=C/c2ccccc2)nc2c1c(=O)n(C)c(=O)n2C. The van der Waals surface area contributed by atoms with E-state index in [1.165, 1.54) is 11.6 Å². The van der Waals surface area contributed by atoms with Crippen LogP contribution in [0.5, 0.6) is 0 Å². The largest absolute Gasteiger partial charge is 0.332 e. The van der Waals surface area contributed by atoms with Gasteiger partial charge >= 0.3 is 5.69 Å². The molecule has 8 nitrogen and oxygen atoms in total. The van der Waals surface area contributed by atoms with E-state index in [0.29, 0.717) is 23.7 Å². The topological polar surface area (TPSA) is 86.2 Å². The maximum Gasteiger partial charge on any atom is 0.332 e. The zero-order chi connectivity index (χ0) is 17.3. The Morgan fingerprint density at radius 2 is 1.88 bits per heavy atom. The lowest BCUT2D eigenvalue weighted by atomic mass is 10.2. The van der Waals surface area contributed by atoms with Crippen LogP contribution >= 0.6 is 0 Å². The molecule has 124 valence electrons. The van der Waals surface area contributed by atoms with Crippen molar-refractivity contribution in [3.8, 4) is 0 Å². The highest BCUT2D eigenvalue weighted by Crippen LogP contribution is 2.15. The fourth-order valence-electron chi connectivity index (χ4n) is 2.54. The zero-order valence-corrected chi connectivity index (χ0v) is 13.7. The van der Waals surface area contributed by atoms with Crippen LogP contribution in [0, 0.1) is 0 Å². The fraction of sp³-hybridized carbons (Fsp3) is 0.250. The Bertz CT molecular complexity index is 1030. The number of hydrazone groups is 1. The molecule has 2 aromatic heterocycles. The van der Waals surface area contributed by atoms with Crippen LogP contribution < -0.4 is 16.7 Å². The van der Waals surface area contributed by atoms with E-state index in [0.717, 1.165) is 10.1 Å². The van der Waals surface area contributed by atoms with Gasteiger partial charge in [-0.3, -0.25) is 13.9 Å². The quantitative estimate of drug-likeness (QED) is 0.570. The minimum Gasteiger partial charge on any atom is -0.303 e. The van der Waals surface area contributed by atoms with Crippen molar-refractivity contribution < 1.29 is 0 Å². The van der Waals surface area contributed by atoms with Gasteiger partial charge in [-0.1, -0.05) is 30.3 Å². The summed E-state index contributed by atoms with van der Waals surface area (Å²) in [5.41, 5.74) is 3.72. The standard InChI is InChI=1S/C16H18N6O2/c1-4-22-12-13(20(2)16(24)21(3)14(12)23)18-15(22)19-17-10-11-8-6-5-7-9-11/h5-10H,4H2,1-3H3,(H,18,19)/b17-10+. The molecular formula is C16H18N6O2. The molecule has 0 spiro atoms. The molecule has 0 fully saturated rings. The third-order valence-corrected chi connectivity index (χ3v) is 3.84. The number of imidazole rings is 1. The summed E-state index contributed by atoms with van der Waals surface area (Å²) in [6, 6.07) is 9.61. The first-order valence-electron chi connectivity index (χ1n) is 7.55. The Labute approximate surface area is 137 Å². The lowest BCUT2D eigenvalue weighted by Gasteiger charge is -2.05. The Morgan fingerprint density at radius 3 is 2.54 bits per heavy atom. The molecule has 0 aliphatic rings. The summed E-state index contributed by atoms with van der Waals surface area (Å²) in [5.74, 6) is 0.415. The molecule has 0 unspecified atom stereocenters. The smallest absolute Gasteiger partial charge is 0.303 e. The molecule has 0 bridgehead atoms. The number of hydrogen-bond acceptors (Lipinski definition) is 5. The van der Waals surface area contributed by atoms with Gasteiger partial charge in [0.05, 0.1) is 6.21 Å². The Balaban J connectivity index is 2.08. The molecule has 2 heterocycles. The molecule has 1 aromatic carbocycles. The molecule has 1 N–H and O–H groups in total. The monoisotopic (exact) mass is 326 g/mol. The summed E-state index contributed by atoms with van der Waals surface area (Å²) in [6.45, 7) is 2.42. The molecule has 24 heavy (non-hydrogen) atoms. The van der Waals surface area contributed by atoms with Gasteiger partial charge in [-0.25, -0.2) is 10.2 Å². The highest BCUT2D eigenvalue weighted by atomic mass is 16.2. The average molecular weight is 326 g/mol. The minimum atomic E-state index is -0.410. The molecule has 0 atom stereocenters. The minimum absolute atomic E-state index is 0.336. The van der Waals surface area contributed by atoms with Crippen LogP contribution in [0.1, 0.15) is 12.5 Å². The third-order valence-electron chi connectivity index (χ3n) is 3.84. The predicted octanol–water partition coefficient (Wildman–Crippen LogP) is 0.900. The fourth-order valence-corrected chi connectivity index (χ4v) is 2.54. The Morgan fingerprint density at radius 1 is 1.17 bits per heavy atom. The molecule has 0 saturated carbocycles. The molecule has 3 aromatic rings. The number of aryl methyl sites for hydroxylation is 2. The van der Waals surface area contributed by atoms with Crippen LogP contribution in [-0.4, -0.2) is 24.9 Å². The van der Waals surface area contributed by atoms with Crippen molar-refractivity contribution >= 4 is 23.3 Å². The number of benzene rings is 1. The first-order valence-corrected chi connectivity index (χ1v) is 7.55. The van der Waals surface area contributed by atoms with E-state index in [1.807, 2.05) is 37.3 Å². The van der Waals surface area contributed by atoms with E-state index in [9.17, 15) is 9.59 Å². The molecule has 3 rings (SSSR count). The first-order chi connectivity index (χ1) is 11.5. The van der Waals surface area contributed by atoms with Crippen LogP contribution in [0.4, 0.5) is 5.95 Å². The number of nitrogens with one attached hydrogen (secondary N) is 1. The maximum atomic E-state index is 12.4. The Kier molecular flexibility index (Phi) is 4.03. The van der Waals surface area contributed by atoms with Gasteiger partial charge < -0.3 is 4.57 Å². The van der Waals surface area contributed by atoms with Crippen LogP contribution in [0.3, 0.4) is 0 Å². The highest BCUT2D eigenvalue weighted by Gasteiger charge is 2.17. The molecule has 0 saturated heterocycles. The van der Waals surface area contributed by atoms with Gasteiger partial charge in [-0.05, 0) is 12.5 Å². The Hall–Kier alpha value is -3.16. The van der Waals surface area contributed by atoms with Gasteiger partial charge in [0.25, 0.3) is 5.56 Å². The summed E-state index contributed by atoms with van der Waals surface area (Å²) >= 11 is 0. The van der Waals surface area contributed by atoms with Crippen molar-refractivity contribution in [2.45, 2.75) is 13.5 Å². The zero-order valence-electron chi connectivity index (χ0n) is 13.7. The summed E-state index contributed by atoms with van der Waals surface area (Å²) in [4.78, 5) is 28.8. The second-order valence-electron chi connectivity index (χ2n) is 5.34. The maximum absolute atomic E-state index is 12.4. The number of anilines is 1. The number of rotatable bonds is 4. The van der Waals surface area contributed by atoms with Gasteiger partial charge in [-0.2, -0.15) is 10.1 Å². The van der Waals surface area contributed by atoms with Crippen LogP contribution in [0.2, 0.25) is 0 Å². The van der Waals surface area contributed by atoms with E-state index in [4.69, 9.17) is 0 Å². The number of aromatic nitrogens is 4. The van der Waals surface area contributed by atoms with Crippen LogP contribution in [-0.2, 0) is 20.6 Å². The van der Waals surface area contributed by atoms with Crippen LogP contribution in [0.15, 0.2) is 45.0 Å². The van der Waals surface area contributed by atoms with Crippen molar-refractivity contribution in [2.75, 3.05) is 5.43 Å². The van der Waals surface area contributed by atoms with Gasteiger partial charge in [0, 0.05) is 20.6 Å². The number of fused-ring (bicyclic) bond motifs is 1. The highest BCUT2D eigenvalue weighted by molar-refractivity contribution is 5.80. The molecule has 0 aliphatic carbocycles. The normalized spacial score (nSPS) is 11.5. The summed E-state index contributed by atoms with van der Waals surface area (Å²) in [7, 11) is 3.05. The summed E-state index contributed by atoms with van der Waals surface area (Å²) in [5, 5.41) is 4.17. The van der Waals surface area contributed by atoms with Gasteiger partial charge in [0.1, 0.15) is 0 Å². The molecule has 0 amide bonds. The summed E-state index contributed by atoms with van der Waals surface area (Å²) in [6.07, 6.45) is 1.66. The van der Waals surface area contributed by atoms with Gasteiger partial charge in [-0.15, -0.1) is 0 Å². The van der Waals surface area contributed by atoms with Crippen molar-refractivity contribution in [3.63, 3.8) is 0 Å². The van der Waals surface area contributed by atoms with Crippen molar-refractivity contribution in [2.24, 2.45) is 19.2 Å². The van der Waals surface area contributed by atoms with E-state index in [2.05, 4.69) is 15.5 Å². The summed E-state index contributed by atoms with van der Waals surface area (Å²) < 4.78 is 4.14. The van der Waals surface area contributed by atoms with Crippen LogP contribution in [0.25, 0.3) is 11.2 Å². The average Bonchev–Trinajstić information content (AvgIpc) is 2.97. The lowest BCUT2D eigenvalue weighted by molar-refractivity contribution is 0.700.